The molecule has 0 amide bonds. The van der Waals surface area contributed by atoms with Crippen LogP contribution < -0.4 is 0 Å². The normalized spacial score (nSPS) is 21.4. The molecular formula is C19H20ClNO3S. The van der Waals surface area contributed by atoms with Crippen LogP contribution in [0.5, 0.6) is 0 Å². The van der Waals surface area contributed by atoms with Gasteiger partial charge in [0, 0.05) is 17.5 Å². The van der Waals surface area contributed by atoms with Crippen LogP contribution >= 0.6 is 11.6 Å². The minimum Gasteiger partial charge on any atom is -0.392 e. The van der Waals surface area contributed by atoms with Gasteiger partial charge < -0.3 is 5.11 Å². The van der Waals surface area contributed by atoms with Gasteiger partial charge in [0.05, 0.1) is 17.5 Å². The molecule has 2 aromatic rings. The maximum Gasteiger partial charge on any atom is 0.243 e. The Morgan fingerprint density at radius 2 is 1.80 bits per heavy atom. The molecule has 4 nitrogen and oxygen atoms in total. The van der Waals surface area contributed by atoms with Crippen molar-refractivity contribution in [3.63, 3.8) is 0 Å². The predicted octanol–water partition coefficient (Wildman–Crippen LogP) is 3.35. The van der Waals surface area contributed by atoms with Gasteiger partial charge in [-0.1, -0.05) is 53.6 Å². The lowest BCUT2D eigenvalue weighted by atomic mass is 9.84. The lowest BCUT2D eigenvalue weighted by molar-refractivity contribution is 0.198. The third-order valence-corrected chi connectivity index (χ3v) is 6.62. The summed E-state index contributed by atoms with van der Waals surface area (Å²) in [5.41, 5.74) is 2.05. The van der Waals surface area contributed by atoms with Crippen LogP contribution in [0, 0.1) is 6.92 Å². The smallest absolute Gasteiger partial charge is 0.243 e. The minimum absolute atomic E-state index is 0.0419. The van der Waals surface area contributed by atoms with Crippen LogP contribution in [0.1, 0.15) is 17.0 Å². The first-order valence-corrected chi connectivity index (χ1v) is 9.87. The van der Waals surface area contributed by atoms with Gasteiger partial charge >= 0.3 is 0 Å². The SMILES string of the molecule is Cc1ccc(S(=O)(=O)N2C[C@@H](c3ccc(Cl)cc3)[C@@H]2/C=C/CO)cc1. The van der Waals surface area contributed by atoms with Gasteiger partial charge in [-0.25, -0.2) is 8.42 Å². The molecule has 2 aromatic carbocycles. The molecule has 0 aromatic heterocycles. The first kappa shape index (κ1) is 18.1. The Kier molecular flexibility index (Phi) is 5.29. The molecular weight excluding hydrogens is 358 g/mol. The molecule has 25 heavy (non-hydrogen) atoms. The van der Waals surface area contributed by atoms with Gasteiger partial charge in [-0.05, 0) is 36.8 Å². The van der Waals surface area contributed by atoms with Gasteiger partial charge in [-0.2, -0.15) is 4.31 Å². The number of aryl methyl sites for hydroxylation is 1. The Bertz CT molecular complexity index is 861. The predicted molar refractivity (Wildman–Crippen MR) is 99.3 cm³/mol. The summed E-state index contributed by atoms with van der Waals surface area (Å²) in [6, 6.07) is 14.0. The minimum atomic E-state index is -3.57. The molecule has 0 bridgehead atoms. The van der Waals surface area contributed by atoms with Gasteiger partial charge in [0.15, 0.2) is 0 Å². The highest BCUT2D eigenvalue weighted by Gasteiger charge is 2.45. The van der Waals surface area contributed by atoms with E-state index in [-0.39, 0.29) is 23.5 Å². The molecule has 1 saturated heterocycles. The highest BCUT2D eigenvalue weighted by Crippen LogP contribution is 2.39. The molecule has 0 unspecified atom stereocenters. The Labute approximate surface area is 153 Å². The average molecular weight is 378 g/mol. The summed E-state index contributed by atoms with van der Waals surface area (Å²) in [7, 11) is -3.57. The number of nitrogens with zero attached hydrogens (tertiary/aromatic N) is 1. The van der Waals surface area contributed by atoms with E-state index < -0.39 is 10.0 Å². The molecule has 2 atom stereocenters. The second-order valence-electron chi connectivity index (χ2n) is 6.15. The van der Waals surface area contributed by atoms with Crippen molar-refractivity contribution in [1.82, 2.24) is 4.31 Å². The van der Waals surface area contributed by atoms with Gasteiger partial charge in [-0.15, -0.1) is 0 Å². The van der Waals surface area contributed by atoms with Crippen molar-refractivity contribution in [2.24, 2.45) is 0 Å². The zero-order valence-corrected chi connectivity index (χ0v) is 15.4. The van der Waals surface area contributed by atoms with Crippen LogP contribution in [0.3, 0.4) is 0 Å². The highest BCUT2D eigenvalue weighted by molar-refractivity contribution is 7.89. The van der Waals surface area contributed by atoms with Crippen molar-refractivity contribution in [2.45, 2.75) is 23.8 Å². The van der Waals surface area contributed by atoms with E-state index in [9.17, 15) is 8.42 Å². The van der Waals surface area contributed by atoms with Crippen molar-refractivity contribution >= 4 is 21.6 Å². The van der Waals surface area contributed by atoms with Crippen LogP contribution in [0.2, 0.25) is 5.02 Å². The van der Waals surface area contributed by atoms with Crippen LogP contribution in [-0.4, -0.2) is 37.0 Å². The summed E-state index contributed by atoms with van der Waals surface area (Å²) in [5, 5.41) is 9.74. The Morgan fingerprint density at radius 3 is 2.40 bits per heavy atom. The third kappa shape index (κ3) is 3.65. The van der Waals surface area contributed by atoms with E-state index in [1.165, 1.54) is 4.31 Å². The third-order valence-electron chi connectivity index (χ3n) is 4.49. The summed E-state index contributed by atoms with van der Waals surface area (Å²) in [5.74, 6) is 0.0419. The number of hydrogen-bond donors (Lipinski definition) is 1. The number of rotatable bonds is 5. The molecule has 1 N–H and O–H groups in total. The van der Waals surface area contributed by atoms with E-state index in [1.807, 2.05) is 19.1 Å². The monoisotopic (exact) mass is 377 g/mol. The van der Waals surface area contributed by atoms with Crippen LogP contribution in [-0.2, 0) is 10.0 Å². The summed E-state index contributed by atoms with van der Waals surface area (Å²) in [6.45, 7) is 2.20. The lowest BCUT2D eigenvalue weighted by Gasteiger charge is -2.45. The van der Waals surface area contributed by atoms with Gasteiger partial charge in [0.25, 0.3) is 0 Å². The molecule has 0 radical (unpaired) electrons. The first-order valence-electron chi connectivity index (χ1n) is 8.05. The maximum absolute atomic E-state index is 12.9. The molecule has 0 aliphatic carbocycles. The largest absolute Gasteiger partial charge is 0.392 e. The second kappa shape index (κ2) is 7.30. The van der Waals surface area contributed by atoms with Gasteiger partial charge in [0.1, 0.15) is 0 Å². The van der Waals surface area contributed by atoms with E-state index in [0.717, 1.165) is 11.1 Å². The Balaban J connectivity index is 1.90. The number of benzene rings is 2. The van der Waals surface area contributed by atoms with Gasteiger partial charge in [-0.3, -0.25) is 0 Å². The fraction of sp³-hybridized carbons (Fsp3) is 0.263. The van der Waals surface area contributed by atoms with Crippen LogP contribution in [0.15, 0.2) is 65.6 Å². The fourth-order valence-corrected chi connectivity index (χ4v) is 4.80. The van der Waals surface area contributed by atoms with Crippen molar-refractivity contribution < 1.29 is 13.5 Å². The fourth-order valence-electron chi connectivity index (χ4n) is 3.03. The summed E-state index contributed by atoms with van der Waals surface area (Å²) in [4.78, 5) is 0.287. The number of aliphatic hydroxyl groups is 1. The summed E-state index contributed by atoms with van der Waals surface area (Å²) in [6.07, 6.45) is 3.35. The van der Waals surface area contributed by atoms with Crippen molar-refractivity contribution in [3.8, 4) is 0 Å². The van der Waals surface area contributed by atoms with E-state index in [1.54, 1.807) is 48.6 Å². The van der Waals surface area contributed by atoms with Crippen molar-refractivity contribution in [2.75, 3.05) is 13.2 Å². The Hall–Kier alpha value is -1.66. The number of halogens is 1. The van der Waals surface area contributed by atoms with Gasteiger partial charge in [0.2, 0.25) is 10.0 Å². The molecule has 1 aliphatic rings. The zero-order valence-electron chi connectivity index (χ0n) is 13.8. The average Bonchev–Trinajstić information content (AvgIpc) is 2.56. The first-order chi connectivity index (χ1) is 11.9. The molecule has 6 heteroatoms. The number of sulfonamides is 1. The van der Waals surface area contributed by atoms with Crippen molar-refractivity contribution in [3.05, 3.63) is 76.8 Å². The topological polar surface area (TPSA) is 57.6 Å². The standard InChI is InChI=1S/C19H20ClNO3S/c1-14-4-10-17(11-5-14)25(23,24)21-13-18(19(21)3-2-12-22)15-6-8-16(20)9-7-15/h2-11,18-19,22H,12-13H2,1H3/b3-2+/t18-,19-/m0/s1. The van der Waals surface area contributed by atoms with E-state index in [2.05, 4.69) is 0 Å². The second-order valence-corrected chi connectivity index (χ2v) is 8.47. The van der Waals surface area contributed by atoms with E-state index >= 15 is 0 Å². The molecule has 0 saturated carbocycles. The lowest BCUT2D eigenvalue weighted by Crippen LogP contribution is -2.56. The Morgan fingerprint density at radius 1 is 1.16 bits per heavy atom. The quantitative estimate of drug-likeness (QED) is 0.813. The van der Waals surface area contributed by atoms with E-state index in [4.69, 9.17) is 16.7 Å². The number of aliphatic hydroxyl groups excluding tert-OH is 1. The molecule has 3 rings (SSSR count). The zero-order chi connectivity index (χ0) is 18.0. The van der Waals surface area contributed by atoms with E-state index in [0.29, 0.717) is 11.6 Å². The molecule has 0 spiro atoms. The summed E-state index contributed by atoms with van der Waals surface area (Å²) >= 11 is 5.94. The van der Waals surface area contributed by atoms with Crippen LogP contribution in [0.4, 0.5) is 0 Å². The molecule has 132 valence electrons. The van der Waals surface area contributed by atoms with Crippen LogP contribution in [0.25, 0.3) is 0 Å². The summed E-state index contributed by atoms with van der Waals surface area (Å²) < 4.78 is 27.4. The van der Waals surface area contributed by atoms with Crippen molar-refractivity contribution in [1.29, 1.82) is 0 Å². The molecule has 1 fully saturated rings. The highest BCUT2D eigenvalue weighted by atomic mass is 35.5. The maximum atomic E-state index is 12.9. The number of hydrogen-bond acceptors (Lipinski definition) is 3. The molecule has 1 aliphatic heterocycles. The molecule has 1 heterocycles.